The van der Waals surface area contributed by atoms with Crippen LogP contribution in [-0.4, -0.2) is 35.6 Å². The number of anilines is 1. The number of urea groups is 1. The third-order valence-electron chi connectivity index (χ3n) is 3.26. The van der Waals surface area contributed by atoms with E-state index in [0.717, 1.165) is 12.2 Å². The summed E-state index contributed by atoms with van der Waals surface area (Å²) in [6.07, 6.45) is 0. The van der Waals surface area contributed by atoms with Crippen LogP contribution in [0.25, 0.3) is 0 Å². The maximum absolute atomic E-state index is 12.3. The van der Waals surface area contributed by atoms with Gasteiger partial charge in [-0.15, -0.1) is 0 Å². The summed E-state index contributed by atoms with van der Waals surface area (Å²) in [7, 11) is 0. The van der Waals surface area contributed by atoms with Crippen LogP contribution in [0.5, 0.6) is 0 Å². The molecule has 0 bridgehead atoms. The summed E-state index contributed by atoms with van der Waals surface area (Å²) >= 11 is 0. The standard InChI is InChI=1S/C14H21N3O/c1-11-9-15-14(2,3)10-17(11)13(18)16-12-7-5-4-6-8-12/h4-8,11,15H,9-10H2,1-3H3,(H,16,18). The van der Waals surface area contributed by atoms with Crippen LogP contribution in [0, 0.1) is 0 Å². The number of piperazine rings is 1. The van der Waals surface area contributed by atoms with E-state index in [1.54, 1.807) is 0 Å². The third-order valence-corrected chi connectivity index (χ3v) is 3.26. The quantitative estimate of drug-likeness (QED) is 0.799. The molecule has 1 aliphatic heterocycles. The minimum atomic E-state index is -0.0272. The van der Waals surface area contributed by atoms with E-state index >= 15 is 0 Å². The molecule has 2 amide bonds. The fraction of sp³-hybridized carbons (Fsp3) is 0.500. The van der Waals surface area contributed by atoms with E-state index in [4.69, 9.17) is 0 Å². The van der Waals surface area contributed by atoms with Gasteiger partial charge in [0.2, 0.25) is 0 Å². The fourth-order valence-electron chi connectivity index (χ4n) is 2.16. The van der Waals surface area contributed by atoms with Crippen LogP contribution in [0.2, 0.25) is 0 Å². The Morgan fingerprint density at radius 3 is 2.72 bits per heavy atom. The molecule has 1 fully saturated rings. The maximum atomic E-state index is 12.3. The van der Waals surface area contributed by atoms with Crippen molar-refractivity contribution in [2.45, 2.75) is 32.4 Å². The van der Waals surface area contributed by atoms with Gasteiger partial charge in [-0.25, -0.2) is 4.79 Å². The van der Waals surface area contributed by atoms with Gasteiger partial charge in [0.25, 0.3) is 0 Å². The lowest BCUT2D eigenvalue weighted by molar-refractivity contribution is 0.130. The zero-order valence-corrected chi connectivity index (χ0v) is 11.2. The molecule has 2 N–H and O–H groups in total. The molecule has 1 atom stereocenters. The Bertz CT molecular complexity index is 416. The van der Waals surface area contributed by atoms with Crippen molar-refractivity contribution >= 4 is 11.7 Å². The minimum Gasteiger partial charge on any atom is -0.319 e. The molecule has 1 aromatic rings. The summed E-state index contributed by atoms with van der Waals surface area (Å²) in [5.74, 6) is 0. The van der Waals surface area contributed by atoms with Crippen LogP contribution in [0.4, 0.5) is 10.5 Å². The molecule has 1 aromatic carbocycles. The highest BCUT2D eigenvalue weighted by Gasteiger charge is 2.32. The third kappa shape index (κ3) is 3.01. The molecule has 0 aliphatic carbocycles. The lowest BCUT2D eigenvalue weighted by Crippen LogP contribution is -2.62. The van der Waals surface area contributed by atoms with Gasteiger partial charge in [-0.3, -0.25) is 0 Å². The lowest BCUT2D eigenvalue weighted by atomic mass is 10.00. The van der Waals surface area contributed by atoms with E-state index in [0.29, 0.717) is 6.54 Å². The highest BCUT2D eigenvalue weighted by atomic mass is 16.2. The van der Waals surface area contributed by atoms with Crippen molar-refractivity contribution in [3.63, 3.8) is 0 Å². The molecule has 98 valence electrons. The van der Waals surface area contributed by atoms with E-state index < -0.39 is 0 Å². The highest BCUT2D eigenvalue weighted by Crippen LogP contribution is 2.16. The van der Waals surface area contributed by atoms with Gasteiger partial charge in [0.05, 0.1) is 0 Å². The number of hydrogen-bond acceptors (Lipinski definition) is 2. The number of rotatable bonds is 1. The van der Waals surface area contributed by atoms with Gasteiger partial charge in [0.1, 0.15) is 0 Å². The summed E-state index contributed by atoms with van der Waals surface area (Å²) in [5, 5.41) is 6.37. The number of nitrogens with one attached hydrogen (secondary N) is 2. The van der Waals surface area contributed by atoms with Crippen molar-refractivity contribution in [2.24, 2.45) is 0 Å². The molecular weight excluding hydrogens is 226 g/mol. The Morgan fingerprint density at radius 2 is 2.06 bits per heavy atom. The molecule has 2 rings (SSSR count). The first kappa shape index (κ1) is 12.9. The average molecular weight is 247 g/mol. The first-order valence-corrected chi connectivity index (χ1v) is 6.36. The minimum absolute atomic E-state index is 0.0247. The van der Waals surface area contributed by atoms with Crippen LogP contribution >= 0.6 is 0 Å². The molecule has 1 saturated heterocycles. The van der Waals surface area contributed by atoms with E-state index in [-0.39, 0.29) is 17.6 Å². The molecule has 1 heterocycles. The van der Waals surface area contributed by atoms with Crippen LogP contribution in [0.15, 0.2) is 30.3 Å². The Kier molecular flexibility index (Phi) is 3.57. The molecule has 0 saturated carbocycles. The number of carbonyl (C=O) groups is 1. The zero-order chi connectivity index (χ0) is 13.2. The number of para-hydroxylation sites is 1. The molecule has 1 unspecified atom stereocenters. The van der Waals surface area contributed by atoms with E-state index in [2.05, 4.69) is 31.4 Å². The second-order valence-electron chi connectivity index (χ2n) is 5.54. The smallest absolute Gasteiger partial charge is 0.319 e. The predicted molar refractivity (Wildman–Crippen MR) is 73.7 cm³/mol. The number of benzene rings is 1. The van der Waals surface area contributed by atoms with Gasteiger partial charge in [-0.2, -0.15) is 0 Å². The van der Waals surface area contributed by atoms with Crippen molar-refractivity contribution in [1.82, 2.24) is 10.2 Å². The maximum Gasteiger partial charge on any atom is 0.322 e. The van der Waals surface area contributed by atoms with E-state index in [9.17, 15) is 4.79 Å². The summed E-state index contributed by atoms with van der Waals surface area (Å²) in [5.41, 5.74) is 0.812. The summed E-state index contributed by atoms with van der Waals surface area (Å²) in [4.78, 5) is 14.1. The Morgan fingerprint density at radius 1 is 1.39 bits per heavy atom. The average Bonchev–Trinajstić information content (AvgIpc) is 2.33. The largest absolute Gasteiger partial charge is 0.322 e. The first-order chi connectivity index (χ1) is 8.48. The van der Waals surface area contributed by atoms with E-state index in [1.807, 2.05) is 35.2 Å². The topological polar surface area (TPSA) is 44.4 Å². The molecule has 1 aliphatic rings. The second kappa shape index (κ2) is 4.98. The normalized spacial score (nSPS) is 22.6. The van der Waals surface area contributed by atoms with Crippen molar-refractivity contribution in [3.05, 3.63) is 30.3 Å². The molecule has 4 nitrogen and oxygen atoms in total. The zero-order valence-electron chi connectivity index (χ0n) is 11.2. The molecule has 0 spiro atoms. The SMILES string of the molecule is CC1CNC(C)(C)CN1C(=O)Nc1ccccc1. The Balaban J connectivity index is 2.04. The highest BCUT2D eigenvalue weighted by molar-refractivity contribution is 5.89. The number of nitrogens with zero attached hydrogens (tertiary/aromatic N) is 1. The van der Waals surface area contributed by atoms with Crippen LogP contribution in [-0.2, 0) is 0 Å². The molecule has 18 heavy (non-hydrogen) atoms. The van der Waals surface area contributed by atoms with Crippen molar-refractivity contribution < 1.29 is 4.79 Å². The molecular formula is C14H21N3O. The first-order valence-electron chi connectivity index (χ1n) is 6.36. The van der Waals surface area contributed by atoms with Crippen molar-refractivity contribution in [3.8, 4) is 0 Å². The molecule has 0 radical (unpaired) electrons. The monoisotopic (exact) mass is 247 g/mol. The van der Waals surface area contributed by atoms with Gasteiger partial charge in [0.15, 0.2) is 0 Å². The number of amides is 2. The van der Waals surface area contributed by atoms with Crippen LogP contribution in [0.1, 0.15) is 20.8 Å². The Hall–Kier alpha value is -1.55. The van der Waals surface area contributed by atoms with Gasteiger partial charge >= 0.3 is 6.03 Å². The second-order valence-corrected chi connectivity index (χ2v) is 5.54. The van der Waals surface area contributed by atoms with Gasteiger partial charge in [-0.1, -0.05) is 18.2 Å². The Labute approximate surface area is 108 Å². The van der Waals surface area contributed by atoms with Crippen LogP contribution < -0.4 is 10.6 Å². The number of hydrogen-bond donors (Lipinski definition) is 2. The fourth-order valence-corrected chi connectivity index (χ4v) is 2.16. The van der Waals surface area contributed by atoms with Crippen molar-refractivity contribution in [2.75, 3.05) is 18.4 Å². The van der Waals surface area contributed by atoms with Crippen LogP contribution in [0.3, 0.4) is 0 Å². The summed E-state index contributed by atoms with van der Waals surface area (Å²) < 4.78 is 0. The van der Waals surface area contributed by atoms with Gasteiger partial charge in [0, 0.05) is 30.4 Å². The molecule has 0 aromatic heterocycles. The van der Waals surface area contributed by atoms with E-state index in [1.165, 1.54) is 0 Å². The van der Waals surface area contributed by atoms with Gasteiger partial charge < -0.3 is 15.5 Å². The van der Waals surface area contributed by atoms with Gasteiger partial charge in [-0.05, 0) is 32.9 Å². The lowest BCUT2D eigenvalue weighted by Gasteiger charge is -2.43. The predicted octanol–water partition coefficient (Wildman–Crippen LogP) is 2.29. The molecule has 4 heteroatoms. The summed E-state index contributed by atoms with van der Waals surface area (Å²) in [6.45, 7) is 7.83. The summed E-state index contributed by atoms with van der Waals surface area (Å²) in [6, 6.07) is 9.75. The van der Waals surface area contributed by atoms with Crippen molar-refractivity contribution in [1.29, 1.82) is 0 Å². The number of carbonyl (C=O) groups excluding carboxylic acids is 1.